The number of rotatable bonds is 4. The zero-order valence-electron chi connectivity index (χ0n) is 14.8. The molecule has 0 radical (unpaired) electrons. The number of thiazole rings is 1. The molecule has 1 amide bonds. The summed E-state index contributed by atoms with van der Waals surface area (Å²) >= 11 is 1.54. The molecule has 2 N–H and O–H groups in total. The zero-order chi connectivity index (χ0) is 18.1. The van der Waals surface area contributed by atoms with Crippen molar-refractivity contribution < 1.29 is 14.3 Å². The second-order valence-corrected chi connectivity index (χ2v) is 7.85. The third kappa shape index (κ3) is 3.41. The molecule has 2 aliphatic heterocycles. The Labute approximate surface area is 156 Å². The molecule has 138 valence electrons. The van der Waals surface area contributed by atoms with E-state index in [-0.39, 0.29) is 18.7 Å². The van der Waals surface area contributed by atoms with Crippen molar-refractivity contribution in [2.75, 3.05) is 19.9 Å². The molecule has 0 saturated carbocycles. The van der Waals surface area contributed by atoms with E-state index < -0.39 is 0 Å². The molecule has 0 spiro atoms. The number of carbonyl (C=O) groups excluding carboxylic acids is 1. The first-order valence-electron chi connectivity index (χ1n) is 8.98. The predicted octanol–water partition coefficient (Wildman–Crippen LogP) is 2.67. The third-order valence-corrected chi connectivity index (χ3v) is 6.01. The maximum Gasteiger partial charge on any atom is 0.231 e. The molecule has 2 aromatic rings. The lowest BCUT2D eigenvalue weighted by Gasteiger charge is -2.38. The van der Waals surface area contributed by atoms with Crippen molar-refractivity contribution in [1.82, 2.24) is 9.88 Å². The minimum atomic E-state index is 0.120. The minimum Gasteiger partial charge on any atom is -0.454 e. The molecule has 2 aliphatic rings. The molecule has 2 unspecified atom stereocenters. The fraction of sp³-hybridized carbons (Fsp3) is 0.474. The van der Waals surface area contributed by atoms with Gasteiger partial charge in [0.15, 0.2) is 11.5 Å². The number of amides is 1. The highest BCUT2D eigenvalue weighted by Gasteiger charge is 2.29. The fourth-order valence-electron chi connectivity index (χ4n) is 3.61. The average Bonchev–Trinajstić information content (AvgIpc) is 3.29. The van der Waals surface area contributed by atoms with Crippen LogP contribution in [0.15, 0.2) is 23.6 Å². The first-order chi connectivity index (χ1) is 12.6. The summed E-state index contributed by atoms with van der Waals surface area (Å²) in [5.74, 6) is 2.25. The summed E-state index contributed by atoms with van der Waals surface area (Å²) in [5, 5.41) is 2.84. The molecule has 1 aromatic carbocycles. The van der Waals surface area contributed by atoms with Gasteiger partial charge in [-0.1, -0.05) is 6.92 Å². The molecule has 6 nitrogen and oxygen atoms in total. The SMILES string of the molecule is CC1CCN(C(=O)Cc2csc(-c3ccc4c(c3)OCO4)n2)C(CN)C1. The number of benzene rings is 1. The third-order valence-electron chi connectivity index (χ3n) is 5.07. The molecular formula is C19H23N3O3S. The molecule has 4 rings (SSSR count). The highest BCUT2D eigenvalue weighted by Crippen LogP contribution is 2.36. The Morgan fingerprint density at radius 2 is 2.23 bits per heavy atom. The van der Waals surface area contributed by atoms with E-state index in [1.165, 1.54) is 0 Å². The molecular weight excluding hydrogens is 350 g/mol. The topological polar surface area (TPSA) is 77.7 Å². The van der Waals surface area contributed by atoms with E-state index in [0.29, 0.717) is 18.9 Å². The van der Waals surface area contributed by atoms with Crippen LogP contribution in [-0.4, -0.2) is 41.7 Å². The summed E-state index contributed by atoms with van der Waals surface area (Å²) in [6.45, 7) is 3.80. The van der Waals surface area contributed by atoms with Crippen molar-refractivity contribution in [3.63, 3.8) is 0 Å². The largest absolute Gasteiger partial charge is 0.454 e. The van der Waals surface area contributed by atoms with Gasteiger partial charge in [-0.25, -0.2) is 4.98 Å². The van der Waals surface area contributed by atoms with Crippen LogP contribution in [0.25, 0.3) is 10.6 Å². The maximum atomic E-state index is 12.7. The van der Waals surface area contributed by atoms with Crippen molar-refractivity contribution in [1.29, 1.82) is 0 Å². The average molecular weight is 373 g/mol. The fourth-order valence-corrected chi connectivity index (χ4v) is 4.43. The summed E-state index contributed by atoms with van der Waals surface area (Å²) in [5.41, 5.74) is 7.67. The van der Waals surface area contributed by atoms with Gasteiger partial charge in [0.25, 0.3) is 0 Å². The second-order valence-electron chi connectivity index (χ2n) is 7.00. The van der Waals surface area contributed by atoms with Gasteiger partial charge in [-0.3, -0.25) is 4.79 Å². The van der Waals surface area contributed by atoms with E-state index in [1.54, 1.807) is 11.3 Å². The molecule has 1 saturated heterocycles. The lowest BCUT2D eigenvalue weighted by atomic mass is 9.92. The molecule has 0 bridgehead atoms. The zero-order valence-corrected chi connectivity index (χ0v) is 15.6. The van der Waals surface area contributed by atoms with Crippen LogP contribution in [0, 0.1) is 5.92 Å². The Balaban J connectivity index is 1.46. The highest BCUT2D eigenvalue weighted by atomic mass is 32.1. The van der Waals surface area contributed by atoms with Crippen molar-refractivity contribution in [3.8, 4) is 22.1 Å². The van der Waals surface area contributed by atoms with Gasteiger partial charge in [-0.2, -0.15) is 0 Å². The van der Waals surface area contributed by atoms with Gasteiger partial charge >= 0.3 is 0 Å². The Hall–Kier alpha value is -2.12. The minimum absolute atomic E-state index is 0.120. The number of aromatic nitrogens is 1. The number of nitrogens with zero attached hydrogens (tertiary/aromatic N) is 2. The Morgan fingerprint density at radius 3 is 3.08 bits per heavy atom. The van der Waals surface area contributed by atoms with Gasteiger partial charge in [0.05, 0.1) is 12.1 Å². The van der Waals surface area contributed by atoms with Crippen LogP contribution >= 0.6 is 11.3 Å². The molecule has 26 heavy (non-hydrogen) atoms. The standard InChI is InChI=1S/C19H23N3O3S/c1-12-4-5-22(15(6-12)9-20)18(23)8-14-10-26-19(21-14)13-2-3-16-17(7-13)25-11-24-16/h2-3,7,10,12,15H,4-6,8-9,11,20H2,1H3. The van der Waals surface area contributed by atoms with Gasteiger partial charge in [-0.15, -0.1) is 11.3 Å². The molecule has 1 aromatic heterocycles. The van der Waals surface area contributed by atoms with Crippen molar-refractivity contribution >= 4 is 17.2 Å². The number of fused-ring (bicyclic) bond motifs is 1. The number of piperidine rings is 1. The van der Waals surface area contributed by atoms with Crippen LogP contribution in [0.4, 0.5) is 0 Å². The number of hydrogen-bond acceptors (Lipinski definition) is 6. The first kappa shape index (κ1) is 17.3. The second kappa shape index (κ2) is 7.25. The van der Waals surface area contributed by atoms with E-state index in [0.717, 1.165) is 47.2 Å². The van der Waals surface area contributed by atoms with Crippen LogP contribution in [0.3, 0.4) is 0 Å². The Kier molecular flexibility index (Phi) is 4.82. The van der Waals surface area contributed by atoms with Crippen molar-refractivity contribution in [2.24, 2.45) is 11.7 Å². The van der Waals surface area contributed by atoms with Gasteiger partial charge in [0, 0.05) is 30.1 Å². The van der Waals surface area contributed by atoms with Gasteiger partial charge in [0.2, 0.25) is 12.7 Å². The molecule has 3 heterocycles. The highest BCUT2D eigenvalue weighted by molar-refractivity contribution is 7.13. The van der Waals surface area contributed by atoms with Crippen LogP contribution in [0.1, 0.15) is 25.5 Å². The number of hydrogen-bond donors (Lipinski definition) is 1. The van der Waals surface area contributed by atoms with E-state index in [9.17, 15) is 4.79 Å². The number of likely N-dealkylation sites (tertiary alicyclic amines) is 1. The molecule has 1 fully saturated rings. The van der Waals surface area contributed by atoms with E-state index in [2.05, 4.69) is 11.9 Å². The maximum absolute atomic E-state index is 12.7. The Bertz CT molecular complexity index is 807. The summed E-state index contributed by atoms with van der Waals surface area (Å²) in [7, 11) is 0. The van der Waals surface area contributed by atoms with Crippen LogP contribution in [0.5, 0.6) is 11.5 Å². The molecule has 0 aliphatic carbocycles. The summed E-state index contributed by atoms with van der Waals surface area (Å²) < 4.78 is 10.8. The van der Waals surface area contributed by atoms with E-state index >= 15 is 0 Å². The number of nitrogens with two attached hydrogens (primary N) is 1. The Morgan fingerprint density at radius 1 is 1.38 bits per heavy atom. The quantitative estimate of drug-likeness (QED) is 0.891. The van der Waals surface area contributed by atoms with Crippen LogP contribution in [-0.2, 0) is 11.2 Å². The van der Waals surface area contributed by atoms with E-state index in [4.69, 9.17) is 15.2 Å². The summed E-state index contributed by atoms with van der Waals surface area (Å²) in [6.07, 6.45) is 2.36. The van der Waals surface area contributed by atoms with Crippen molar-refractivity contribution in [3.05, 3.63) is 29.3 Å². The number of carbonyl (C=O) groups is 1. The normalized spacial score (nSPS) is 21.8. The smallest absolute Gasteiger partial charge is 0.231 e. The van der Waals surface area contributed by atoms with Crippen LogP contribution in [0.2, 0.25) is 0 Å². The summed E-state index contributed by atoms with van der Waals surface area (Å²) in [6, 6.07) is 5.95. The molecule has 2 atom stereocenters. The van der Waals surface area contributed by atoms with Crippen molar-refractivity contribution in [2.45, 2.75) is 32.2 Å². The lowest BCUT2D eigenvalue weighted by molar-refractivity contribution is -0.134. The predicted molar refractivity (Wildman–Crippen MR) is 100 cm³/mol. The first-order valence-corrected chi connectivity index (χ1v) is 9.86. The van der Waals surface area contributed by atoms with Crippen LogP contribution < -0.4 is 15.2 Å². The number of ether oxygens (including phenoxy) is 2. The van der Waals surface area contributed by atoms with Gasteiger partial charge in [-0.05, 0) is 37.0 Å². The summed E-state index contributed by atoms with van der Waals surface area (Å²) in [4.78, 5) is 19.3. The molecule has 7 heteroatoms. The van der Waals surface area contributed by atoms with Gasteiger partial charge in [0.1, 0.15) is 5.01 Å². The van der Waals surface area contributed by atoms with E-state index in [1.807, 2.05) is 28.5 Å². The van der Waals surface area contributed by atoms with Gasteiger partial charge < -0.3 is 20.1 Å². The lowest BCUT2D eigenvalue weighted by Crippen LogP contribution is -2.49. The monoisotopic (exact) mass is 373 g/mol.